The van der Waals surface area contributed by atoms with Gasteiger partial charge in [0.1, 0.15) is 11.3 Å². The molecule has 2 amide bonds. The van der Waals surface area contributed by atoms with Crippen LogP contribution in [0, 0.1) is 5.92 Å². The second-order valence-corrected chi connectivity index (χ2v) is 11.7. The Hall–Kier alpha value is -5.19. The predicted octanol–water partition coefficient (Wildman–Crippen LogP) is 2.03. The second kappa shape index (κ2) is 18.5. The average Bonchev–Trinajstić information content (AvgIpc) is 3.03. The van der Waals surface area contributed by atoms with E-state index in [9.17, 15) is 33.6 Å². The van der Waals surface area contributed by atoms with Gasteiger partial charge in [0.25, 0.3) is 0 Å². The van der Waals surface area contributed by atoms with Crippen molar-refractivity contribution in [1.82, 2.24) is 10.6 Å². The van der Waals surface area contributed by atoms with Gasteiger partial charge in [-0.05, 0) is 36.5 Å². The smallest absolute Gasteiger partial charge is 0.407 e. The van der Waals surface area contributed by atoms with Crippen LogP contribution in [0.4, 0.5) is 4.79 Å². The number of rotatable bonds is 15. The molecule has 1 aromatic carbocycles. The number of nitrogens with one attached hydrogen (secondary N) is 2. The van der Waals surface area contributed by atoms with Gasteiger partial charge in [-0.2, -0.15) is 0 Å². The van der Waals surface area contributed by atoms with E-state index in [1.807, 2.05) is 13.8 Å². The maximum absolute atomic E-state index is 12.7. The zero-order chi connectivity index (χ0) is 37.0. The average molecular weight is 707 g/mol. The molecular formula is C33H42N2O15. The molecule has 17 nitrogen and oxygen atoms in total. The number of carbonyl (C=O) groups excluding carboxylic acids is 6. The number of carbonyl (C=O) groups is 6. The Labute approximate surface area is 287 Å². The van der Waals surface area contributed by atoms with E-state index in [1.165, 1.54) is 18.2 Å². The third kappa shape index (κ3) is 11.7. The van der Waals surface area contributed by atoms with Gasteiger partial charge in [-0.3, -0.25) is 19.2 Å². The number of hydrogen-bond donors (Lipinski definition) is 2. The van der Waals surface area contributed by atoms with Crippen LogP contribution in [-0.2, 0) is 58.9 Å². The maximum atomic E-state index is 12.7. The fraction of sp³-hybridized carbons (Fsp3) is 0.545. The molecule has 1 fully saturated rings. The lowest BCUT2D eigenvalue weighted by molar-refractivity contribution is -0.282. The van der Waals surface area contributed by atoms with Gasteiger partial charge in [0, 0.05) is 57.8 Å². The summed E-state index contributed by atoms with van der Waals surface area (Å²) in [6, 6.07) is 5.58. The number of hydrogen-bond acceptors (Lipinski definition) is 15. The lowest BCUT2D eigenvalue weighted by Crippen LogP contribution is -2.64. The third-order valence-electron chi connectivity index (χ3n) is 7.01. The summed E-state index contributed by atoms with van der Waals surface area (Å²) in [7, 11) is 1.06. The van der Waals surface area contributed by atoms with Crippen LogP contribution < -0.4 is 21.0 Å². The molecule has 1 aliphatic heterocycles. The van der Waals surface area contributed by atoms with E-state index in [-0.39, 0.29) is 36.1 Å². The number of methoxy groups -OCH3 is 1. The Morgan fingerprint density at radius 2 is 1.52 bits per heavy atom. The molecule has 274 valence electrons. The van der Waals surface area contributed by atoms with Crippen LogP contribution in [0.2, 0.25) is 0 Å². The maximum Gasteiger partial charge on any atom is 0.407 e. The zero-order valence-electron chi connectivity index (χ0n) is 28.6. The summed E-state index contributed by atoms with van der Waals surface area (Å²) in [6.07, 6.45) is -7.22. The molecule has 0 bridgehead atoms. The lowest BCUT2D eigenvalue weighted by Gasteiger charge is -2.43. The van der Waals surface area contributed by atoms with Gasteiger partial charge in [0.05, 0.1) is 13.7 Å². The fourth-order valence-electron chi connectivity index (χ4n) is 4.92. The van der Waals surface area contributed by atoms with Crippen molar-refractivity contribution in [1.29, 1.82) is 0 Å². The molecule has 2 aromatic rings. The minimum atomic E-state index is -1.67. The molecule has 0 radical (unpaired) electrons. The number of ether oxygens (including phenoxy) is 7. The lowest BCUT2D eigenvalue weighted by atomic mass is 9.97. The van der Waals surface area contributed by atoms with Gasteiger partial charge >= 0.3 is 35.6 Å². The van der Waals surface area contributed by atoms with Gasteiger partial charge in [-0.15, -0.1) is 0 Å². The van der Waals surface area contributed by atoms with E-state index < -0.39 is 66.3 Å². The minimum absolute atomic E-state index is 0.00356. The first-order valence-corrected chi connectivity index (χ1v) is 15.8. The summed E-state index contributed by atoms with van der Waals surface area (Å²) in [5.41, 5.74) is -0.207. The first-order chi connectivity index (χ1) is 23.7. The van der Waals surface area contributed by atoms with Crippen LogP contribution in [0.5, 0.6) is 5.75 Å². The highest BCUT2D eigenvalue weighted by Gasteiger charge is 2.55. The summed E-state index contributed by atoms with van der Waals surface area (Å²) in [6.45, 7) is 7.72. The molecular weight excluding hydrogens is 664 g/mol. The molecule has 0 aliphatic carbocycles. The molecule has 2 heterocycles. The van der Waals surface area contributed by atoms with E-state index in [4.69, 9.17) is 37.6 Å². The molecule has 5 atom stereocenters. The highest BCUT2D eigenvalue weighted by molar-refractivity contribution is 5.83. The zero-order valence-corrected chi connectivity index (χ0v) is 28.6. The van der Waals surface area contributed by atoms with Gasteiger partial charge in [0.15, 0.2) is 18.3 Å². The molecule has 1 saturated heterocycles. The monoisotopic (exact) mass is 706 g/mol. The summed E-state index contributed by atoms with van der Waals surface area (Å²) in [5.74, 6) is -3.57. The molecule has 0 spiro atoms. The van der Waals surface area contributed by atoms with E-state index in [2.05, 4.69) is 10.6 Å². The van der Waals surface area contributed by atoms with Crippen molar-refractivity contribution in [2.45, 2.75) is 91.1 Å². The van der Waals surface area contributed by atoms with Crippen molar-refractivity contribution in [3.8, 4) is 5.75 Å². The molecule has 3 rings (SSSR count). The Morgan fingerprint density at radius 1 is 0.860 bits per heavy atom. The predicted molar refractivity (Wildman–Crippen MR) is 170 cm³/mol. The number of amides is 2. The largest absolute Gasteiger partial charge is 0.467 e. The van der Waals surface area contributed by atoms with Crippen LogP contribution in [0.1, 0.15) is 59.4 Å². The van der Waals surface area contributed by atoms with Gasteiger partial charge < -0.3 is 48.2 Å². The highest BCUT2D eigenvalue weighted by atomic mass is 16.7. The van der Waals surface area contributed by atoms with Crippen molar-refractivity contribution < 1.29 is 66.3 Å². The molecule has 1 aliphatic rings. The fourth-order valence-corrected chi connectivity index (χ4v) is 4.92. The second-order valence-electron chi connectivity index (χ2n) is 11.7. The summed E-state index contributed by atoms with van der Waals surface area (Å²) in [5, 5.41) is 5.85. The normalized spacial score (nSPS) is 19.9. The number of unbranched alkanes of at least 4 members (excludes halogenated alkanes) is 1. The van der Waals surface area contributed by atoms with Crippen molar-refractivity contribution >= 4 is 46.8 Å². The van der Waals surface area contributed by atoms with Crippen LogP contribution in [0.15, 0.2) is 33.5 Å². The number of esters is 4. The number of alkyl carbamates (subject to hydrolysis) is 1. The number of fused-ring (bicyclic) bond motifs is 1. The van der Waals surface area contributed by atoms with Crippen LogP contribution in [0.3, 0.4) is 0 Å². The van der Waals surface area contributed by atoms with Crippen molar-refractivity contribution in [2.24, 2.45) is 5.92 Å². The Morgan fingerprint density at radius 3 is 2.16 bits per heavy atom. The van der Waals surface area contributed by atoms with Gasteiger partial charge in [-0.1, -0.05) is 13.8 Å². The molecule has 1 aromatic heterocycles. The van der Waals surface area contributed by atoms with Crippen molar-refractivity contribution in [3.63, 3.8) is 0 Å². The van der Waals surface area contributed by atoms with Crippen LogP contribution in [0.25, 0.3) is 11.0 Å². The number of benzene rings is 1. The first kappa shape index (κ1) is 39.3. The minimum Gasteiger partial charge on any atom is -0.467 e. The summed E-state index contributed by atoms with van der Waals surface area (Å²) < 4.78 is 42.9. The van der Waals surface area contributed by atoms with Crippen LogP contribution in [-0.4, -0.2) is 86.8 Å². The molecule has 50 heavy (non-hydrogen) atoms. The van der Waals surface area contributed by atoms with E-state index in [1.54, 1.807) is 6.07 Å². The summed E-state index contributed by atoms with van der Waals surface area (Å²) >= 11 is 0. The van der Waals surface area contributed by atoms with Crippen LogP contribution >= 0.6 is 0 Å². The van der Waals surface area contributed by atoms with E-state index in [0.717, 1.165) is 27.9 Å². The molecule has 5 unspecified atom stereocenters. The van der Waals surface area contributed by atoms with Gasteiger partial charge in [0.2, 0.25) is 18.3 Å². The molecule has 17 heteroatoms. The molecule has 2 N–H and O–H groups in total. The van der Waals surface area contributed by atoms with E-state index >= 15 is 0 Å². The quantitative estimate of drug-likeness (QED) is 0.117. The highest BCUT2D eigenvalue weighted by Crippen LogP contribution is 2.32. The topological polar surface area (TPSA) is 221 Å². The van der Waals surface area contributed by atoms with Crippen molar-refractivity contribution in [2.75, 3.05) is 20.3 Å². The van der Waals surface area contributed by atoms with E-state index in [0.29, 0.717) is 36.9 Å². The Balaban J connectivity index is 1.75. The van der Waals surface area contributed by atoms with Gasteiger partial charge in [-0.25, -0.2) is 14.4 Å². The summed E-state index contributed by atoms with van der Waals surface area (Å²) in [4.78, 5) is 85.3. The standard InChI is InChI=1S/C33H42N2O15/c1-17(2)16-44-33(42)34-12-8-7-9-25(39)35-15-21-13-26(40)49-24-14-22(10-11-23(21)24)48-32-30(47-20(5)38)28(46-19(4)37)27(45-18(3)36)29(50-32)31(41)43-6/h10-11,13-14,17,27-30,32H,7-9,12,15-16H2,1-6H3,(H,34,42)(H,35,39). The van der Waals surface area contributed by atoms with Crippen molar-refractivity contribution in [3.05, 3.63) is 40.2 Å². The Kier molecular flexibility index (Phi) is 14.6. The SMILES string of the molecule is COC(=O)C1OC(Oc2ccc3c(CNC(=O)CCCCNC(=O)OCC(C)C)cc(=O)oc3c2)C(OC(C)=O)C(OC(C)=O)C1OC(C)=O. The molecule has 0 saturated carbocycles. The first-order valence-electron chi connectivity index (χ1n) is 15.8. The Bertz CT molecular complexity index is 1600. The third-order valence-corrected chi connectivity index (χ3v) is 7.01.